The summed E-state index contributed by atoms with van der Waals surface area (Å²) in [6, 6.07) is -0.717. The molecule has 0 aromatic rings. The summed E-state index contributed by atoms with van der Waals surface area (Å²) in [5.74, 6) is -2.89. The maximum atomic E-state index is 11.8. The van der Waals surface area contributed by atoms with E-state index < -0.39 is 29.3 Å². The van der Waals surface area contributed by atoms with Gasteiger partial charge in [0.25, 0.3) is 0 Å². The molecule has 86 valence electrons. The van der Waals surface area contributed by atoms with Gasteiger partial charge in [-0.2, -0.15) is 13.2 Å². The largest absolute Gasteiger partial charge is 0.480 e. The Balaban J connectivity index is 2.43. The lowest BCUT2D eigenvalue weighted by Gasteiger charge is -2.12. The number of carbonyl (C=O) groups excluding carboxylic acids is 1. The molecule has 0 aliphatic carbocycles. The fourth-order valence-corrected chi connectivity index (χ4v) is 2.36. The molecule has 1 saturated heterocycles. The van der Waals surface area contributed by atoms with E-state index in [0.717, 1.165) is 11.8 Å². The lowest BCUT2D eigenvalue weighted by molar-refractivity contribution is -0.174. The van der Waals surface area contributed by atoms with Crippen LogP contribution in [-0.2, 0) is 9.59 Å². The number of halogens is 3. The van der Waals surface area contributed by atoms with Gasteiger partial charge in [0.05, 0.1) is 0 Å². The third-order valence-corrected chi connectivity index (χ3v) is 3.26. The van der Waals surface area contributed by atoms with Crippen molar-refractivity contribution in [3.8, 4) is 0 Å². The monoisotopic (exact) mass is 243 g/mol. The third kappa shape index (κ3) is 3.29. The maximum Gasteiger partial charge on any atom is 0.471 e. The number of hydrogen-bond donors (Lipinski definition) is 2. The molecule has 2 atom stereocenters. The molecule has 0 aromatic carbocycles. The highest BCUT2D eigenvalue weighted by Gasteiger charge is 2.41. The minimum atomic E-state index is -4.91. The van der Waals surface area contributed by atoms with Crippen molar-refractivity contribution in [3.05, 3.63) is 0 Å². The highest BCUT2D eigenvalue weighted by Crippen LogP contribution is 2.27. The first-order valence-corrected chi connectivity index (χ1v) is 5.07. The average molecular weight is 243 g/mol. The maximum absolute atomic E-state index is 11.8. The van der Waals surface area contributed by atoms with Gasteiger partial charge in [-0.3, -0.25) is 9.59 Å². The predicted molar refractivity (Wildman–Crippen MR) is 46.5 cm³/mol. The minimum absolute atomic E-state index is 0.0296. The van der Waals surface area contributed by atoms with Crippen LogP contribution in [0.15, 0.2) is 0 Å². The molecule has 1 aliphatic heterocycles. The zero-order valence-electron chi connectivity index (χ0n) is 7.37. The van der Waals surface area contributed by atoms with Crippen LogP contribution >= 0.6 is 11.8 Å². The topological polar surface area (TPSA) is 66.4 Å². The van der Waals surface area contributed by atoms with Crippen molar-refractivity contribution in [2.24, 2.45) is 0 Å². The Morgan fingerprint density at radius 1 is 1.40 bits per heavy atom. The Hall–Kier alpha value is -0.920. The molecule has 1 amide bonds. The summed E-state index contributed by atoms with van der Waals surface area (Å²) in [5, 5.41) is 9.59. The summed E-state index contributed by atoms with van der Waals surface area (Å²) < 4.78 is 35.5. The van der Waals surface area contributed by atoms with Gasteiger partial charge in [-0.1, -0.05) is 0 Å². The molecule has 15 heavy (non-hydrogen) atoms. The number of aliphatic carboxylic acids is 1. The molecule has 4 nitrogen and oxygen atoms in total. The second kappa shape index (κ2) is 4.30. The van der Waals surface area contributed by atoms with Gasteiger partial charge in [0, 0.05) is 11.8 Å². The lowest BCUT2D eigenvalue weighted by atomic mass is 10.2. The molecule has 2 N–H and O–H groups in total. The van der Waals surface area contributed by atoms with E-state index in [2.05, 4.69) is 0 Å². The third-order valence-electron chi connectivity index (χ3n) is 1.87. The van der Waals surface area contributed by atoms with E-state index in [4.69, 9.17) is 5.11 Å². The highest BCUT2D eigenvalue weighted by molar-refractivity contribution is 8.00. The lowest BCUT2D eigenvalue weighted by Crippen LogP contribution is -2.43. The van der Waals surface area contributed by atoms with Crippen molar-refractivity contribution in [1.29, 1.82) is 0 Å². The number of rotatable bonds is 2. The SMILES string of the molecule is O=C(O)[C@H]1C[C@@H](NC(=O)C(F)(F)F)CS1. The number of nitrogens with one attached hydrogen (secondary N) is 1. The Morgan fingerprint density at radius 2 is 2.00 bits per heavy atom. The summed E-state index contributed by atoms with van der Waals surface area (Å²) in [6.45, 7) is 0. The first-order chi connectivity index (χ1) is 6.80. The van der Waals surface area contributed by atoms with Crippen LogP contribution in [0.25, 0.3) is 0 Å². The summed E-state index contributed by atoms with van der Waals surface area (Å²) in [7, 11) is 0. The number of hydrogen-bond acceptors (Lipinski definition) is 3. The molecule has 0 aromatic heterocycles. The van der Waals surface area contributed by atoms with Crippen LogP contribution in [0.4, 0.5) is 13.2 Å². The van der Waals surface area contributed by atoms with E-state index in [9.17, 15) is 22.8 Å². The van der Waals surface area contributed by atoms with Gasteiger partial charge in [0.1, 0.15) is 5.25 Å². The van der Waals surface area contributed by atoms with E-state index in [0.29, 0.717) is 0 Å². The van der Waals surface area contributed by atoms with Gasteiger partial charge in [-0.05, 0) is 6.42 Å². The number of carboxylic acids is 1. The fraction of sp³-hybridized carbons (Fsp3) is 0.714. The molecule has 1 fully saturated rings. The van der Waals surface area contributed by atoms with Crippen molar-refractivity contribution in [3.63, 3.8) is 0 Å². The van der Waals surface area contributed by atoms with Gasteiger partial charge in [-0.15, -0.1) is 11.8 Å². The van der Waals surface area contributed by atoms with Gasteiger partial charge in [0.2, 0.25) is 0 Å². The Kier molecular flexibility index (Phi) is 3.48. The first kappa shape index (κ1) is 12.2. The number of thioether (sulfide) groups is 1. The quantitative estimate of drug-likeness (QED) is 0.746. The van der Waals surface area contributed by atoms with Gasteiger partial charge in [0.15, 0.2) is 0 Å². The van der Waals surface area contributed by atoms with Crippen molar-refractivity contribution in [1.82, 2.24) is 5.32 Å². The molecule has 8 heteroatoms. The summed E-state index contributed by atoms with van der Waals surface area (Å²) in [5.41, 5.74) is 0. The molecule has 1 heterocycles. The van der Waals surface area contributed by atoms with Crippen LogP contribution in [0, 0.1) is 0 Å². The second-order valence-corrected chi connectivity index (χ2v) is 4.30. The molecular formula is C7H8F3NO3S. The summed E-state index contributed by atoms with van der Waals surface area (Å²) in [6.07, 6.45) is -4.88. The molecule has 1 rings (SSSR count). The predicted octanol–water partition coefficient (Wildman–Crippen LogP) is 0.624. The number of alkyl halides is 3. The molecule has 0 radical (unpaired) electrons. The Morgan fingerprint density at radius 3 is 2.40 bits per heavy atom. The summed E-state index contributed by atoms with van der Waals surface area (Å²) >= 11 is 1.03. The smallest absolute Gasteiger partial charge is 0.471 e. The summed E-state index contributed by atoms with van der Waals surface area (Å²) in [4.78, 5) is 21.0. The van der Waals surface area contributed by atoms with E-state index in [1.165, 1.54) is 0 Å². The Bertz CT molecular complexity index is 281. The van der Waals surface area contributed by atoms with E-state index in [1.54, 1.807) is 5.32 Å². The van der Waals surface area contributed by atoms with Crippen LogP contribution in [0.1, 0.15) is 6.42 Å². The fourth-order valence-electron chi connectivity index (χ4n) is 1.17. The van der Waals surface area contributed by atoms with E-state index >= 15 is 0 Å². The minimum Gasteiger partial charge on any atom is -0.480 e. The van der Waals surface area contributed by atoms with Crippen molar-refractivity contribution in [2.75, 3.05) is 5.75 Å². The molecule has 0 saturated carbocycles. The average Bonchev–Trinajstić information content (AvgIpc) is 2.50. The van der Waals surface area contributed by atoms with Crippen molar-refractivity contribution >= 4 is 23.6 Å². The normalized spacial score (nSPS) is 26.3. The van der Waals surface area contributed by atoms with Crippen LogP contribution in [0.3, 0.4) is 0 Å². The molecular weight excluding hydrogens is 235 g/mol. The van der Waals surface area contributed by atoms with Gasteiger partial charge >= 0.3 is 18.1 Å². The zero-order chi connectivity index (χ0) is 11.6. The zero-order valence-corrected chi connectivity index (χ0v) is 8.19. The van der Waals surface area contributed by atoms with Crippen LogP contribution in [-0.4, -0.2) is 40.2 Å². The van der Waals surface area contributed by atoms with Gasteiger partial charge in [-0.25, -0.2) is 0 Å². The highest BCUT2D eigenvalue weighted by atomic mass is 32.2. The van der Waals surface area contributed by atoms with Gasteiger partial charge < -0.3 is 10.4 Å². The van der Waals surface area contributed by atoms with Crippen LogP contribution in [0.2, 0.25) is 0 Å². The molecule has 0 spiro atoms. The number of carbonyl (C=O) groups is 2. The van der Waals surface area contributed by atoms with Crippen molar-refractivity contribution < 1.29 is 27.9 Å². The standard InChI is InChI=1S/C7H8F3NO3S/c8-7(9,10)6(14)11-3-1-4(5(12)13)15-2-3/h3-4H,1-2H2,(H,11,14)(H,12,13)/t3-,4-/m1/s1. The number of amides is 1. The Labute approximate surface area is 87.2 Å². The number of carboxylic acid groups (broad SMARTS) is 1. The van der Waals surface area contributed by atoms with E-state index in [1.807, 2.05) is 0 Å². The van der Waals surface area contributed by atoms with Crippen LogP contribution < -0.4 is 5.32 Å². The molecule has 0 bridgehead atoms. The second-order valence-electron chi connectivity index (χ2n) is 3.06. The van der Waals surface area contributed by atoms with Crippen molar-refractivity contribution in [2.45, 2.75) is 23.9 Å². The van der Waals surface area contributed by atoms with E-state index in [-0.39, 0.29) is 12.2 Å². The van der Waals surface area contributed by atoms with Crippen LogP contribution in [0.5, 0.6) is 0 Å². The first-order valence-electron chi connectivity index (χ1n) is 4.03. The molecule has 1 aliphatic rings. The molecule has 0 unspecified atom stereocenters.